The van der Waals surface area contributed by atoms with Gasteiger partial charge in [0, 0.05) is 0 Å². The number of ether oxygens (including phenoxy) is 6. The topological polar surface area (TPSA) is 130 Å². The molecule has 1 aliphatic rings. The van der Waals surface area contributed by atoms with Crippen LogP contribution in [0.15, 0.2) is 194 Å². The summed E-state index contributed by atoms with van der Waals surface area (Å²) < 4.78 is 34.0. The Morgan fingerprint density at radius 1 is 0.403 bits per heavy atom. The fourth-order valence-corrected chi connectivity index (χ4v) is 10.2. The first-order chi connectivity index (χ1) is 37.7. The molecule has 0 bridgehead atoms. The van der Waals surface area contributed by atoms with Crippen LogP contribution in [0.2, 0.25) is 0 Å². The summed E-state index contributed by atoms with van der Waals surface area (Å²) in [5.41, 5.74) is 6.91. The maximum atomic E-state index is 13.0. The zero-order chi connectivity index (χ0) is 52.9. The van der Waals surface area contributed by atoms with E-state index in [0.29, 0.717) is 34.1 Å². The van der Waals surface area contributed by atoms with Crippen LogP contribution in [0, 0.1) is 24.7 Å². The zero-order valence-corrected chi connectivity index (χ0v) is 41.7. The molecule has 0 fully saturated rings. The number of terminal acetylenes is 2. The summed E-state index contributed by atoms with van der Waals surface area (Å²) >= 11 is 0. The van der Waals surface area contributed by atoms with Crippen molar-refractivity contribution < 1.29 is 48.2 Å². The van der Waals surface area contributed by atoms with Crippen molar-refractivity contribution in [2.24, 2.45) is 0 Å². The summed E-state index contributed by atoms with van der Waals surface area (Å²) in [7, 11) is 0. The Hall–Kier alpha value is -9.58. The van der Waals surface area contributed by atoms with Crippen molar-refractivity contribution in [3.8, 4) is 58.8 Å². The molecule has 10 aromatic rings. The van der Waals surface area contributed by atoms with E-state index in [1.807, 2.05) is 72.8 Å². The van der Waals surface area contributed by atoms with Crippen LogP contribution in [-0.4, -0.2) is 74.0 Å². The van der Waals surface area contributed by atoms with Crippen LogP contribution in [0.4, 0.5) is 0 Å². The van der Waals surface area contributed by atoms with Crippen LogP contribution >= 0.6 is 0 Å². The smallest absolute Gasteiger partial charge is 0.338 e. The minimum atomic E-state index is -1.06. The zero-order valence-electron chi connectivity index (χ0n) is 41.7. The lowest BCUT2D eigenvalue weighted by molar-refractivity contribution is 0.0127. The third-order valence-corrected chi connectivity index (χ3v) is 13.9. The van der Waals surface area contributed by atoms with Crippen LogP contribution in [0.3, 0.4) is 0 Å². The molecule has 10 aromatic carbocycles. The Morgan fingerprint density at radius 3 is 1.14 bits per heavy atom. The first-order valence-electron chi connectivity index (χ1n) is 25.1. The summed E-state index contributed by atoms with van der Waals surface area (Å²) in [5, 5.41) is 29.0. The molecule has 0 aliphatic heterocycles. The van der Waals surface area contributed by atoms with E-state index in [1.165, 1.54) is 22.3 Å². The van der Waals surface area contributed by atoms with Crippen molar-refractivity contribution in [3.05, 3.63) is 228 Å². The third kappa shape index (κ3) is 10.2. The highest BCUT2D eigenvalue weighted by Crippen LogP contribution is 2.56. The SMILES string of the molecule is C#CCOc1ccc2cc(C(=O)OCC(O)COc3ccc4cc(C5(c6ccc7cc(OCC(O)COC(=O)c8ccc9cc(OCC#C)ccc9c8)ccc7c6)c6ccccc6-c6ccccc65)ccc4c3)ccc2c1. The van der Waals surface area contributed by atoms with Crippen molar-refractivity contribution in [2.75, 3.05) is 39.6 Å². The molecule has 0 aromatic heterocycles. The van der Waals surface area contributed by atoms with E-state index in [2.05, 4.69) is 96.8 Å². The second-order valence-electron chi connectivity index (χ2n) is 18.8. The Kier molecular flexibility index (Phi) is 14.0. The molecule has 0 heterocycles. The maximum Gasteiger partial charge on any atom is 0.338 e. The monoisotopic (exact) mass is 1010 g/mol. The Morgan fingerprint density at radius 2 is 0.740 bits per heavy atom. The van der Waals surface area contributed by atoms with Gasteiger partial charge in [-0.15, -0.1) is 12.8 Å². The summed E-state index contributed by atoms with van der Waals surface area (Å²) in [5.74, 6) is 6.21. The summed E-state index contributed by atoms with van der Waals surface area (Å²) in [6.45, 7) is -0.317. The van der Waals surface area contributed by atoms with Crippen molar-refractivity contribution in [1.29, 1.82) is 0 Å². The quantitative estimate of drug-likeness (QED) is 0.0633. The number of aliphatic hydroxyl groups excluding tert-OH is 2. The van der Waals surface area contributed by atoms with Crippen molar-refractivity contribution in [1.82, 2.24) is 0 Å². The van der Waals surface area contributed by atoms with E-state index >= 15 is 0 Å². The van der Waals surface area contributed by atoms with Crippen LogP contribution in [0.1, 0.15) is 43.0 Å². The van der Waals surface area contributed by atoms with Gasteiger partial charge in [0.1, 0.15) is 74.8 Å². The molecular weight excluding hydrogens is 965 g/mol. The van der Waals surface area contributed by atoms with E-state index in [9.17, 15) is 19.8 Å². The molecule has 11 rings (SSSR count). The fourth-order valence-electron chi connectivity index (χ4n) is 10.2. The highest BCUT2D eigenvalue weighted by atomic mass is 16.6. The minimum absolute atomic E-state index is 0.0815. The number of carbonyl (C=O) groups excluding carboxylic acids is 2. The van der Waals surface area contributed by atoms with Gasteiger partial charge in [-0.3, -0.25) is 0 Å². The Labute approximate surface area is 445 Å². The molecule has 77 heavy (non-hydrogen) atoms. The molecule has 0 saturated carbocycles. The molecule has 2 unspecified atom stereocenters. The summed E-state index contributed by atoms with van der Waals surface area (Å²) in [4.78, 5) is 25.9. The Balaban J connectivity index is 0.769. The first-order valence-corrected chi connectivity index (χ1v) is 25.1. The summed E-state index contributed by atoms with van der Waals surface area (Å²) in [6, 6.07) is 63.3. The van der Waals surface area contributed by atoms with Gasteiger partial charge in [0.15, 0.2) is 0 Å². The largest absolute Gasteiger partial charge is 0.491 e. The molecular formula is C67H50O10. The highest BCUT2D eigenvalue weighted by Gasteiger charge is 2.46. The number of carbonyl (C=O) groups is 2. The van der Waals surface area contributed by atoms with Crippen molar-refractivity contribution >= 4 is 55.0 Å². The first kappa shape index (κ1) is 49.6. The molecule has 10 nitrogen and oxygen atoms in total. The molecule has 378 valence electrons. The van der Waals surface area contributed by atoms with Gasteiger partial charge in [-0.2, -0.15) is 0 Å². The third-order valence-electron chi connectivity index (χ3n) is 13.9. The van der Waals surface area contributed by atoms with Crippen LogP contribution in [0.25, 0.3) is 54.2 Å². The van der Waals surface area contributed by atoms with Crippen LogP contribution in [-0.2, 0) is 14.9 Å². The number of hydrogen-bond acceptors (Lipinski definition) is 10. The lowest BCUT2D eigenvalue weighted by Crippen LogP contribution is -2.28. The predicted octanol–water partition coefficient (Wildman–Crippen LogP) is 11.9. The van der Waals surface area contributed by atoms with Crippen LogP contribution in [0.5, 0.6) is 23.0 Å². The van der Waals surface area contributed by atoms with Crippen molar-refractivity contribution in [3.63, 3.8) is 0 Å². The van der Waals surface area contributed by atoms with Gasteiger partial charge in [0.05, 0.1) is 16.5 Å². The van der Waals surface area contributed by atoms with Crippen LogP contribution < -0.4 is 18.9 Å². The maximum absolute atomic E-state index is 13.0. The van der Waals surface area contributed by atoms with Gasteiger partial charge in [0.25, 0.3) is 0 Å². The van der Waals surface area contributed by atoms with Gasteiger partial charge in [-0.1, -0.05) is 121 Å². The van der Waals surface area contributed by atoms with Crippen molar-refractivity contribution in [2.45, 2.75) is 17.6 Å². The second kappa shape index (κ2) is 21.7. The number of aliphatic hydroxyl groups is 2. The number of fused-ring (bicyclic) bond motifs is 7. The van der Waals surface area contributed by atoms with Gasteiger partial charge in [-0.25, -0.2) is 9.59 Å². The van der Waals surface area contributed by atoms with E-state index in [-0.39, 0.29) is 39.6 Å². The van der Waals surface area contributed by atoms with E-state index in [4.69, 9.17) is 41.3 Å². The number of esters is 2. The average molecular weight is 1020 g/mol. The molecule has 0 radical (unpaired) electrons. The Bertz CT molecular complexity index is 3720. The molecule has 0 saturated heterocycles. The second-order valence-corrected chi connectivity index (χ2v) is 18.8. The predicted molar refractivity (Wildman–Crippen MR) is 299 cm³/mol. The number of rotatable bonds is 18. The standard InChI is InChI=1S/C67H50O10/c1-3-29-72-57-25-19-43-31-51(15-13-47(43)35-57)65(70)76-41-55(68)39-74-59-27-21-45-33-53(23-17-49(45)37-59)67(63-11-7-5-9-61(63)62-10-6-8-12-64(62)67)54-24-18-50-38-60(28-22-46(50)34-54)75-40-56(69)42-77-66(71)52-16-14-48-36-58(73-30-4-2)26-20-44(48)32-52/h1-2,5-28,31-38,55-56,68-69H,29-30,39-42H2. The molecule has 0 spiro atoms. The van der Waals surface area contributed by atoms with E-state index in [1.54, 1.807) is 36.4 Å². The molecule has 2 atom stereocenters. The lowest BCUT2D eigenvalue weighted by Gasteiger charge is -2.34. The highest BCUT2D eigenvalue weighted by molar-refractivity contribution is 5.97. The molecule has 2 N–H and O–H groups in total. The number of hydrogen-bond donors (Lipinski definition) is 2. The van der Waals surface area contributed by atoms with Gasteiger partial charge in [0.2, 0.25) is 0 Å². The van der Waals surface area contributed by atoms with Gasteiger partial charge in [-0.05, 0) is 161 Å². The van der Waals surface area contributed by atoms with Gasteiger partial charge < -0.3 is 38.6 Å². The van der Waals surface area contributed by atoms with E-state index < -0.39 is 29.6 Å². The minimum Gasteiger partial charge on any atom is -0.491 e. The average Bonchev–Trinajstić information content (AvgIpc) is 3.95. The normalized spacial score (nSPS) is 12.9. The van der Waals surface area contributed by atoms with Gasteiger partial charge >= 0.3 is 11.9 Å². The lowest BCUT2D eigenvalue weighted by atomic mass is 9.67. The summed E-state index contributed by atoms with van der Waals surface area (Å²) in [6.07, 6.45) is 8.49. The van der Waals surface area contributed by atoms with E-state index in [0.717, 1.165) is 54.2 Å². The molecule has 10 heteroatoms. The fraction of sp³-hybridized carbons (Fsp3) is 0.134. The molecule has 0 amide bonds. The number of benzene rings is 10. The molecule has 1 aliphatic carbocycles.